The van der Waals surface area contributed by atoms with Crippen LogP contribution < -0.4 is 0 Å². The van der Waals surface area contributed by atoms with Crippen molar-refractivity contribution in [2.45, 2.75) is 30.7 Å². The molecule has 1 fully saturated rings. The number of rotatable bonds is 8. The van der Waals surface area contributed by atoms with Gasteiger partial charge < -0.3 is 74.7 Å². The zero-order valence-corrected chi connectivity index (χ0v) is 23.3. The molecule has 5 atom stereocenters. The summed E-state index contributed by atoms with van der Waals surface area (Å²) in [6, 6.07) is 4.35. The van der Waals surface area contributed by atoms with Crippen molar-refractivity contribution in [3.63, 3.8) is 0 Å². The number of phenolic OH excluding ortho intramolecular Hbond substituents is 9. The number of hydrogen-bond donors (Lipinski definition) is 10. The van der Waals surface area contributed by atoms with Gasteiger partial charge in [-0.05, 0) is 36.4 Å². The highest BCUT2D eigenvalue weighted by molar-refractivity contribution is 5.93. The van der Waals surface area contributed by atoms with Gasteiger partial charge in [-0.25, -0.2) is 14.4 Å². The third-order valence-corrected chi connectivity index (χ3v) is 6.63. The van der Waals surface area contributed by atoms with E-state index in [4.69, 9.17) is 23.7 Å². The third kappa shape index (κ3) is 6.62. The lowest BCUT2D eigenvalue weighted by atomic mass is 9.98. The molecule has 3 aromatic rings. The first-order valence-corrected chi connectivity index (χ1v) is 12.8. The van der Waals surface area contributed by atoms with Crippen LogP contribution in [-0.4, -0.2) is 113 Å². The molecule has 1 aliphatic rings. The van der Waals surface area contributed by atoms with Crippen molar-refractivity contribution in [2.75, 3.05) is 13.7 Å². The van der Waals surface area contributed by atoms with Crippen molar-refractivity contribution < 1.29 is 89.1 Å². The predicted octanol–water partition coefficient (Wildman–Crippen LogP) is 0.377. The van der Waals surface area contributed by atoms with Crippen LogP contribution in [0.15, 0.2) is 36.4 Å². The molecule has 18 heteroatoms. The van der Waals surface area contributed by atoms with E-state index < -0.39 is 124 Å². The summed E-state index contributed by atoms with van der Waals surface area (Å²) in [5.74, 6) is -12.2. The molecular weight excluding hydrogens is 624 g/mol. The number of carbonyl (C=O) groups excluding carboxylic acids is 3. The minimum atomic E-state index is -1.94. The van der Waals surface area contributed by atoms with Crippen LogP contribution in [-0.2, 0) is 23.7 Å². The van der Waals surface area contributed by atoms with E-state index in [2.05, 4.69) is 0 Å². The Labute approximate surface area is 256 Å². The third-order valence-electron chi connectivity index (χ3n) is 6.63. The second-order valence-corrected chi connectivity index (χ2v) is 9.70. The van der Waals surface area contributed by atoms with Crippen molar-refractivity contribution in [1.82, 2.24) is 0 Å². The number of aliphatic hydroxyl groups excluding tert-OH is 1. The smallest absolute Gasteiger partial charge is 0.338 e. The van der Waals surface area contributed by atoms with E-state index in [0.29, 0.717) is 24.3 Å². The minimum Gasteiger partial charge on any atom is -0.504 e. The average Bonchev–Trinajstić information content (AvgIpc) is 3.01. The van der Waals surface area contributed by atoms with Crippen molar-refractivity contribution in [2.24, 2.45) is 0 Å². The molecule has 0 radical (unpaired) electrons. The van der Waals surface area contributed by atoms with E-state index in [-0.39, 0.29) is 0 Å². The number of esters is 3. The maximum absolute atomic E-state index is 13.1. The summed E-state index contributed by atoms with van der Waals surface area (Å²) in [6.45, 7) is -0.854. The molecule has 0 spiro atoms. The van der Waals surface area contributed by atoms with E-state index in [9.17, 15) is 65.4 Å². The largest absolute Gasteiger partial charge is 0.504 e. The van der Waals surface area contributed by atoms with Crippen LogP contribution in [0.5, 0.6) is 51.7 Å². The highest BCUT2D eigenvalue weighted by Gasteiger charge is 2.51. The summed E-state index contributed by atoms with van der Waals surface area (Å²) in [5, 5.41) is 98.4. The monoisotopic (exact) mass is 650 g/mol. The zero-order valence-electron chi connectivity index (χ0n) is 23.3. The molecule has 1 saturated heterocycles. The Bertz CT molecular complexity index is 1600. The summed E-state index contributed by atoms with van der Waals surface area (Å²) in [6.07, 6.45) is -9.05. The van der Waals surface area contributed by atoms with Crippen LogP contribution in [0.1, 0.15) is 31.1 Å². The molecule has 1 aliphatic heterocycles. The van der Waals surface area contributed by atoms with Gasteiger partial charge in [0.25, 0.3) is 0 Å². The van der Waals surface area contributed by atoms with E-state index in [1.807, 2.05) is 0 Å². The molecule has 246 valence electrons. The second kappa shape index (κ2) is 13.0. The van der Waals surface area contributed by atoms with Gasteiger partial charge >= 0.3 is 17.9 Å². The molecule has 4 rings (SSSR count). The molecule has 3 aromatic carbocycles. The van der Waals surface area contributed by atoms with Gasteiger partial charge in [0.05, 0.1) is 16.7 Å². The first-order valence-electron chi connectivity index (χ1n) is 12.8. The molecule has 0 aromatic heterocycles. The van der Waals surface area contributed by atoms with Crippen molar-refractivity contribution in [3.8, 4) is 51.7 Å². The molecule has 18 nitrogen and oxygen atoms in total. The molecule has 0 aliphatic carbocycles. The minimum absolute atomic E-state index is 0.453. The number of hydrogen-bond acceptors (Lipinski definition) is 18. The van der Waals surface area contributed by atoms with Crippen LogP contribution in [0.4, 0.5) is 0 Å². The van der Waals surface area contributed by atoms with Crippen molar-refractivity contribution in [3.05, 3.63) is 53.1 Å². The lowest BCUT2D eigenvalue weighted by Gasteiger charge is -2.42. The number of phenols is 9. The highest BCUT2D eigenvalue weighted by atomic mass is 16.7. The quantitative estimate of drug-likeness (QED) is 0.0894. The Balaban J connectivity index is 1.69. The maximum atomic E-state index is 13.1. The van der Waals surface area contributed by atoms with Gasteiger partial charge in [0.1, 0.15) is 18.8 Å². The summed E-state index contributed by atoms with van der Waals surface area (Å²) < 4.78 is 26.6. The first kappa shape index (κ1) is 33.1. The van der Waals surface area contributed by atoms with E-state index in [1.165, 1.54) is 0 Å². The normalized spacial score (nSPS) is 20.9. The van der Waals surface area contributed by atoms with Gasteiger partial charge in [0.2, 0.25) is 0 Å². The van der Waals surface area contributed by atoms with Crippen LogP contribution in [0.3, 0.4) is 0 Å². The topological polar surface area (TPSA) is 300 Å². The fourth-order valence-electron chi connectivity index (χ4n) is 4.29. The molecule has 0 saturated carbocycles. The Morgan fingerprint density at radius 3 is 1.33 bits per heavy atom. The maximum Gasteiger partial charge on any atom is 0.338 e. The Morgan fingerprint density at radius 2 is 0.957 bits per heavy atom. The van der Waals surface area contributed by atoms with E-state index in [0.717, 1.165) is 19.2 Å². The molecule has 0 amide bonds. The zero-order chi connectivity index (χ0) is 34.0. The number of carbonyl (C=O) groups is 3. The molecule has 1 heterocycles. The Morgan fingerprint density at radius 1 is 0.609 bits per heavy atom. The van der Waals surface area contributed by atoms with Gasteiger partial charge in [0, 0.05) is 7.11 Å². The average molecular weight is 650 g/mol. The van der Waals surface area contributed by atoms with Gasteiger partial charge in [-0.15, -0.1) is 0 Å². The number of benzene rings is 3. The molecular formula is C28H26O18. The number of aliphatic hydroxyl groups is 1. The SMILES string of the molecule is CO[C@H]1O[C@H](COC(=O)c2cc(O)c(O)c(O)c2)[C@@H](OC(=O)c2cc(O)c(O)c(O)c2)[C@H](OC(=O)c2cc(O)c(O)c(O)c2)[C@H]1O. The Kier molecular flexibility index (Phi) is 9.36. The summed E-state index contributed by atoms with van der Waals surface area (Å²) in [4.78, 5) is 38.9. The number of aromatic hydroxyl groups is 9. The van der Waals surface area contributed by atoms with E-state index >= 15 is 0 Å². The Hall–Kier alpha value is -5.85. The molecule has 0 bridgehead atoms. The lowest BCUT2D eigenvalue weighted by Crippen LogP contribution is -2.61. The van der Waals surface area contributed by atoms with E-state index in [1.54, 1.807) is 0 Å². The van der Waals surface area contributed by atoms with Gasteiger partial charge in [0.15, 0.2) is 70.2 Å². The van der Waals surface area contributed by atoms with Crippen LogP contribution in [0.25, 0.3) is 0 Å². The van der Waals surface area contributed by atoms with Gasteiger partial charge in [-0.2, -0.15) is 0 Å². The molecule has 0 unspecified atom stereocenters. The standard InChI is InChI=1S/C28H26O18/c1-42-28-22(38)24(46-27(41)11-6-16(33)21(37)17(34)7-11)23(45-26(40)10-4-14(31)20(36)15(32)5-10)18(44-28)8-43-25(39)9-2-12(29)19(35)13(30)3-9/h2-7,18,22-24,28-38H,8H2,1H3/t18-,22-,23-,24-,28+/m1/s1. The van der Waals surface area contributed by atoms with Crippen LogP contribution in [0, 0.1) is 0 Å². The second-order valence-electron chi connectivity index (χ2n) is 9.70. The fraction of sp³-hybridized carbons (Fsp3) is 0.250. The lowest BCUT2D eigenvalue weighted by molar-refractivity contribution is -0.292. The van der Waals surface area contributed by atoms with Crippen LogP contribution in [0.2, 0.25) is 0 Å². The summed E-state index contributed by atoms with van der Waals surface area (Å²) in [5.41, 5.74) is -1.56. The van der Waals surface area contributed by atoms with Gasteiger partial charge in [-0.1, -0.05) is 0 Å². The summed E-state index contributed by atoms with van der Waals surface area (Å²) >= 11 is 0. The molecule has 46 heavy (non-hydrogen) atoms. The van der Waals surface area contributed by atoms with Crippen molar-refractivity contribution in [1.29, 1.82) is 0 Å². The fourth-order valence-corrected chi connectivity index (χ4v) is 4.29. The predicted molar refractivity (Wildman–Crippen MR) is 145 cm³/mol. The first-order chi connectivity index (χ1) is 21.6. The van der Waals surface area contributed by atoms with Gasteiger partial charge in [-0.3, -0.25) is 0 Å². The number of ether oxygens (including phenoxy) is 5. The highest BCUT2D eigenvalue weighted by Crippen LogP contribution is 2.38. The number of methoxy groups -OCH3 is 1. The summed E-state index contributed by atoms with van der Waals surface area (Å²) in [7, 11) is 1.07. The molecule has 10 N–H and O–H groups in total. The van der Waals surface area contributed by atoms with Crippen molar-refractivity contribution >= 4 is 17.9 Å². The van der Waals surface area contributed by atoms with Crippen LogP contribution >= 0.6 is 0 Å².